The number of carbonyl (C=O) groups excluding carboxylic acids is 1. The summed E-state index contributed by atoms with van der Waals surface area (Å²) in [5.41, 5.74) is 7.53. The molecule has 1 aliphatic heterocycles. The lowest BCUT2D eigenvalue weighted by molar-refractivity contribution is -0.127. The van der Waals surface area contributed by atoms with Gasteiger partial charge in [0.15, 0.2) is 0 Å². The lowest BCUT2D eigenvalue weighted by Gasteiger charge is -2.35. The molecule has 1 fully saturated rings. The van der Waals surface area contributed by atoms with Gasteiger partial charge < -0.3 is 10.5 Å². The molecule has 1 aromatic rings. The highest BCUT2D eigenvalue weighted by molar-refractivity contribution is 5.86. The van der Waals surface area contributed by atoms with Crippen molar-refractivity contribution in [1.82, 2.24) is 0 Å². The first-order chi connectivity index (χ1) is 8.86. The quantitative estimate of drug-likeness (QED) is 0.889. The first-order valence-electron chi connectivity index (χ1n) is 6.85. The van der Waals surface area contributed by atoms with Crippen LogP contribution in [0.1, 0.15) is 44.7 Å². The lowest BCUT2D eigenvalue weighted by Crippen LogP contribution is -2.45. The second-order valence-electron chi connectivity index (χ2n) is 6.39. The minimum absolute atomic E-state index is 0.119. The Morgan fingerprint density at radius 1 is 1.16 bits per heavy atom. The summed E-state index contributed by atoms with van der Waals surface area (Å²) in [5.74, 6) is -0.237. The van der Waals surface area contributed by atoms with Gasteiger partial charge in [0.2, 0.25) is 5.91 Å². The van der Waals surface area contributed by atoms with Crippen molar-refractivity contribution >= 4 is 5.91 Å². The molecule has 0 saturated carbocycles. The van der Waals surface area contributed by atoms with Crippen LogP contribution < -0.4 is 5.73 Å². The van der Waals surface area contributed by atoms with Crippen molar-refractivity contribution in [2.45, 2.75) is 44.4 Å². The standard InChI is InChI=1S/C16H23NO2/c1-15(2,3)12-4-6-13(7-5-12)16(14(17)18)8-10-19-11-9-16/h4-7H,8-11H2,1-3H3,(H2,17,18). The zero-order chi connectivity index (χ0) is 14.1. The van der Waals surface area contributed by atoms with Gasteiger partial charge in [0, 0.05) is 13.2 Å². The van der Waals surface area contributed by atoms with E-state index >= 15 is 0 Å². The molecule has 0 aliphatic carbocycles. The number of ether oxygens (including phenoxy) is 1. The van der Waals surface area contributed by atoms with Gasteiger partial charge in [-0.3, -0.25) is 4.79 Å². The maximum absolute atomic E-state index is 11.9. The van der Waals surface area contributed by atoms with Crippen LogP contribution in [0.2, 0.25) is 0 Å². The Bertz CT molecular complexity index is 451. The highest BCUT2D eigenvalue weighted by Crippen LogP contribution is 2.35. The van der Waals surface area contributed by atoms with Gasteiger partial charge in [-0.05, 0) is 29.4 Å². The van der Waals surface area contributed by atoms with Gasteiger partial charge in [0.05, 0.1) is 5.41 Å². The summed E-state index contributed by atoms with van der Waals surface area (Å²) >= 11 is 0. The third-order valence-corrected chi connectivity index (χ3v) is 4.12. The molecular weight excluding hydrogens is 238 g/mol. The number of rotatable bonds is 2. The molecule has 1 saturated heterocycles. The zero-order valence-electron chi connectivity index (χ0n) is 12.0. The van der Waals surface area contributed by atoms with E-state index in [0.29, 0.717) is 26.1 Å². The molecule has 0 bridgehead atoms. The number of benzene rings is 1. The number of hydrogen-bond acceptors (Lipinski definition) is 2. The molecular formula is C16H23NO2. The molecule has 19 heavy (non-hydrogen) atoms. The van der Waals surface area contributed by atoms with Gasteiger partial charge in [-0.15, -0.1) is 0 Å². The van der Waals surface area contributed by atoms with Gasteiger partial charge in [0.25, 0.3) is 0 Å². The van der Waals surface area contributed by atoms with Crippen molar-refractivity contribution in [1.29, 1.82) is 0 Å². The molecule has 0 atom stereocenters. The van der Waals surface area contributed by atoms with Crippen LogP contribution in [0.5, 0.6) is 0 Å². The number of primary amides is 1. The van der Waals surface area contributed by atoms with E-state index in [-0.39, 0.29) is 11.3 Å². The van der Waals surface area contributed by atoms with Crippen molar-refractivity contribution < 1.29 is 9.53 Å². The van der Waals surface area contributed by atoms with Gasteiger partial charge >= 0.3 is 0 Å². The van der Waals surface area contributed by atoms with Crippen LogP contribution in [0, 0.1) is 0 Å². The predicted octanol–water partition coefficient (Wildman–Crippen LogP) is 2.52. The fourth-order valence-corrected chi connectivity index (χ4v) is 2.69. The first kappa shape index (κ1) is 14.1. The Morgan fingerprint density at radius 3 is 2.11 bits per heavy atom. The molecule has 2 rings (SSSR count). The van der Waals surface area contributed by atoms with E-state index in [1.54, 1.807) is 0 Å². The van der Waals surface area contributed by atoms with Gasteiger partial charge in [-0.1, -0.05) is 45.0 Å². The monoisotopic (exact) mass is 261 g/mol. The van der Waals surface area contributed by atoms with Crippen molar-refractivity contribution in [3.63, 3.8) is 0 Å². The Labute approximate surface area is 115 Å². The molecule has 1 aliphatic rings. The maximum atomic E-state index is 11.9. The van der Waals surface area contributed by atoms with Crippen LogP contribution in [0.15, 0.2) is 24.3 Å². The molecule has 1 amide bonds. The number of carbonyl (C=O) groups is 1. The summed E-state index contributed by atoms with van der Waals surface area (Å²) in [4.78, 5) is 11.9. The molecule has 0 spiro atoms. The minimum atomic E-state index is -0.547. The summed E-state index contributed by atoms with van der Waals surface area (Å²) in [6, 6.07) is 8.32. The summed E-state index contributed by atoms with van der Waals surface area (Å²) < 4.78 is 5.37. The van der Waals surface area contributed by atoms with Crippen LogP contribution in [0.4, 0.5) is 0 Å². The van der Waals surface area contributed by atoms with Crippen molar-refractivity contribution in [3.8, 4) is 0 Å². The Kier molecular flexibility index (Phi) is 3.68. The van der Waals surface area contributed by atoms with Crippen LogP contribution >= 0.6 is 0 Å². The number of amides is 1. The highest BCUT2D eigenvalue weighted by Gasteiger charge is 2.40. The van der Waals surface area contributed by atoms with E-state index in [1.807, 2.05) is 0 Å². The fraction of sp³-hybridized carbons (Fsp3) is 0.562. The number of hydrogen-bond donors (Lipinski definition) is 1. The summed E-state index contributed by atoms with van der Waals surface area (Å²) in [7, 11) is 0. The molecule has 104 valence electrons. The average Bonchev–Trinajstić information content (AvgIpc) is 2.38. The average molecular weight is 261 g/mol. The highest BCUT2D eigenvalue weighted by atomic mass is 16.5. The zero-order valence-corrected chi connectivity index (χ0v) is 12.0. The maximum Gasteiger partial charge on any atom is 0.228 e. The topological polar surface area (TPSA) is 52.3 Å². The van der Waals surface area contributed by atoms with Crippen molar-refractivity contribution in [3.05, 3.63) is 35.4 Å². The molecule has 2 N–H and O–H groups in total. The lowest BCUT2D eigenvalue weighted by atomic mass is 9.73. The van der Waals surface area contributed by atoms with Crippen LogP contribution in [-0.2, 0) is 20.4 Å². The van der Waals surface area contributed by atoms with E-state index in [1.165, 1.54) is 5.56 Å². The van der Waals surface area contributed by atoms with E-state index in [9.17, 15) is 4.79 Å². The van der Waals surface area contributed by atoms with Crippen molar-refractivity contribution in [2.75, 3.05) is 13.2 Å². The van der Waals surface area contributed by atoms with E-state index < -0.39 is 5.41 Å². The summed E-state index contributed by atoms with van der Waals surface area (Å²) in [6.45, 7) is 7.74. The SMILES string of the molecule is CC(C)(C)c1ccc(C2(C(N)=O)CCOCC2)cc1. The van der Waals surface area contributed by atoms with E-state index in [2.05, 4.69) is 45.0 Å². The van der Waals surface area contributed by atoms with E-state index in [4.69, 9.17) is 10.5 Å². The van der Waals surface area contributed by atoms with Crippen molar-refractivity contribution in [2.24, 2.45) is 5.73 Å². The molecule has 0 aromatic heterocycles. The van der Waals surface area contributed by atoms with Crippen LogP contribution in [0.3, 0.4) is 0 Å². The van der Waals surface area contributed by atoms with Crippen LogP contribution in [0.25, 0.3) is 0 Å². The predicted molar refractivity (Wildman–Crippen MR) is 76.1 cm³/mol. The smallest absolute Gasteiger partial charge is 0.228 e. The second kappa shape index (κ2) is 4.97. The molecule has 0 radical (unpaired) electrons. The summed E-state index contributed by atoms with van der Waals surface area (Å²) in [5, 5.41) is 0. The molecule has 3 heteroatoms. The number of nitrogens with two attached hydrogens (primary N) is 1. The van der Waals surface area contributed by atoms with Crippen LogP contribution in [-0.4, -0.2) is 19.1 Å². The fourth-order valence-electron chi connectivity index (χ4n) is 2.69. The molecule has 3 nitrogen and oxygen atoms in total. The third-order valence-electron chi connectivity index (χ3n) is 4.12. The Hall–Kier alpha value is -1.35. The normalized spacial score (nSPS) is 19.1. The summed E-state index contributed by atoms with van der Waals surface area (Å²) in [6.07, 6.45) is 1.36. The first-order valence-corrected chi connectivity index (χ1v) is 6.85. The molecule has 1 heterocycles. The van der Waals surface area contributed by atoms with E-state index in [0.717, 1.165) is 5.56 Å². The van der Waals surface area contributed by atoms with Gasteiger partial charge in [-0.2, -0.15) is 0 Å². The van der Waals surface area contributed by atoms with Gasteiger partial charge in [0.1, 0.15) is 0 Å². The largest absolute Gasteiger partial charge is 0.381 e. The minimum Gasteiger partial charge on any atom is -0.381 e. The molecule has 1 aromatic carbocycles. The Morgan fingerprint density at radius 2 is 1.68 bits per heavy atom. The Balaban J connectivity index is 2.36. The second-order valence-corrected chi connectivity index (χ2v) is 6.39. The molecule has 0 unspecified atom stereocenters. The van der Waals surface area contributed by atoms with Gasteiger partial charge in [-0.25, -0.2) is 0 Å². The third kappa shape index (κ3) is 2.66.